The molecular formula is C15H11ClN6S. The van der Waals surface area contributed by atoms with Crippen molar-refractivity contribution in [2.24, 2.45) is 0 Å². The van der Waals surface area contributed by atoms with Crippen molar-refractivity contribution in [1.82, 2.24) is 19.9 Å². The van der Waals surface area contributed by atoms with Gasteiger partial charge in [0.1, 0.15) is 5.01 Å². The van der Waals surface area contributed by atoms with Gasteiger partial charge in [-0.2, -0.15) is 15.2 Å². The predicted octanol–water partition coefficient (Wildman–Crippen LogP) is 3.35. The third-order valence-electron chi connectivity index (χ3n) is 3.07. The van der Waals surface area contributed by atoms with Crippen LogP contribution in [0.3, 0.4) is 0 Å². The third kappa shape index (κ3) is 3.28. The maximum atomic E-state index is 9.52. The Hall–Kier alpha value is -2.56. The van der Waals surface area contributed by atoms with E-state index in [0.717, 1.165) is 11.3 Å². The molecule has 0 bridgehead atoms. The number of halogens is 1. The summed E-state index contributed by atoms with van der Waals surface area (Å²) in [4.78, 5) is 16.7. The number of benzene rings is 1. The number of anilines is 1. The van der Waals surface area contributed by atoms with Crippen molar-refractivity contribution < 1.29 is 0 Å². The van der Waals surface area contributed by atoms with E-state index in [1.165, 1.54) is 11.3 Å². The molecule has 0 amide bonds. The van der Waals surface area contributed by atoms with Crippen LogP contribution in [0.1, 0.15) is 16.7 Å². The van der Waals surface area contributed by atoms with Crippen LogP contribution in [-0.2, 0) is 0 Å². The van der Waals surface area contributed by atoms with Crippen LogP contribution in [0.4, 0.5) is 5.95 Å². The molecule has 0 radical (unpaired) electrons. The van der Waals surface area contributed by atoms with Gasteiger partial charge in [-0.15, -0.1) is 11.3 Å². The van der Waals surface area contributed by atoms with Crippen molar-refractivity contribution in [3.8, 4) is 17.3 Å². The Morgan fingerprint density at radius 3 is 2.65 bits per heavy atom. The van der Waals surface area contributed by atoms with E-state index in [0.29, 0.717) is 11.0 Å². The zero-order chi connectivity index (χ0) is 16.2. The minimum atomic E-state index is -0.690. The van der Waals surface area contributed by atoms with E-state index in [2.05, 4.69) is 31.3 Å². The standard InChI is InChI=1S/C15H11ClN6S/c1-18-15-21-12(20-14(16)22-15)10(7-17)13-19-11(8-23-13)9-5-3-2-4-6-9/h2-6,8,10H,1H3,(H,18,20,21,22). The lowest BCUT2D eigenvalue weighted by Gasteiger charge is -2.06. The lowest BCUT2D eigenvalue weighted by Crippen LogP contribution is -2.08. The summed E-state index contributed by atoms with van der Waals surface area (Å²) in [6, 6.07) is 12.0. The third-order valence-corrected chi connectivity index (χ3v) is 4.15. The van der Waals surface area contributed by atoms with Crippen molar-refractivity contribution in [3.05, 3.63) is 51.8 Å². The number of nitrogens with zero attached hydrogens (tertiary/aromatic N) is 5. The second kappa shape index (κ2) is 6.69. The largest absolute Gasteiger partial charge is 0.357 e. The van der Waals surface area contributed by atoms with Crippen LogP contribution in [0, 0.1) is 11.3 Å². The number of nitriles is 1. The Labute approximate surface area is 141 Å². The molecule has 114 valence electrons. The molecule has 0 aliphatic rings. The lowest BCUT2D eigenvalue weighted by atomic mass is 10.1. The summed E-state index contributed by atoms with van der Waals surface area (Å²) in [6.45, 7) is 0. The smallest absolute Gasteiger partial charge is 0.227 e. The van der Waals surface area contributed by atoms with Crippen molar-refractivity contribution in [3.63, 3.8) is 0 Å². The molecule has 1 N–H and O–H groups in total. The highest BCUT2D eigenvalue weighted by molar-refractivity contribution is 7.10. The molecule has 1 atom stereocenters. The van der Waals surface area contributed by atoms with Crippen LogP contribution in [-0.4, -0.2) is 27.0 Å². The zero-order valence-electron chi connectivity index (χ0n) is 12.1. The number of rotatable bonds is 4. The summed E-state index contributed by atoms with van der Waals surface area (Å²) in [5.41, 5.74) is 1.82. The van der Waals surface area contributed by atoms with E-state index < -0.39 is 5.92 Å². The van der Waals surface area contributed by atoms with Gasteiger partial charge in [0.25, 0.3) is 0 Å². The first-order chi connectivity index (χ1) is 11.2. The number of hydrogen-bond donors (Lipinski definition) is 1. The Morgan fingerprint density at radius 1 is 1.17 bits per heavy atom. The van der Waals surface area contributed by atoms with Gasteiger partial charge in [-0.3, -0.25) is 0 Å². The fourth-order valence-corrected chi connectivity index (χ4v) is 3.02. The summed E-state index contributed by atoms with van der Waals surface area (Å²) in [5, 5.41) is 14.9. The molecule has 0 spiro atoms. The normalized spacial score (nSPS) is 11.7. The quantitative estimate of drug-likeness (QED) is 0.782. The van der Waals surface area contributed by atoms with E-state index in [9.17, 15) is 5.26 Å². The van der Waals surface area contributed by atoms with Crippen molar-refractivity contribution in [1.29, 1.82) is 5.26 Å². The molecule has 0 aliphatic carbocycles. The van der Waals surface area contributed by atoms with Crippen LogP contribution in [0.2, 0.25) is 5.28 Å². The van der Waals surface area contributed by atoms with Crippen molar-refractivity contribution in [2.45, 2.75) is 5.92 Å². The molecular weight excluding hydrogens is 332 g/mol. The molecule has 8 heteroatoms. The van der Waals surface area contributed by atoms with E-state index in [-0.39, 0.29) is 11.1 Å². The first-order valence-corrected chi connectivity index (χ1v) is 7.96. The number of aromatic nitrogens is 4. The van der Waals surface area contributed by atoms with Gasteiger partial charge < -0.3 is 5.32 Å². The van der Waals surface area contributed by atoms with E-state index in [1.54, 1.807) is 7.05 Å². The van der Waals surface area contributed by atoms with Crippen molar-refractivity contribution >= 4 is 28.9 Å². The minimum absolute atomic E-state index is 0.0411. The summed E-state index contributed by atoms with van der Waals surface area (Å²) >= 11 is 7.28. The molecule has 1 aromatic carbocycles. The number of nitrogens with one attached hydrogen (secondary N) is 1. The molecule has 2 aromatic heterocycles. The van der Waals surface area contributed by atoms with Gasteiger partial charge in [-0.25, -0.2) is 9.97 Å². The number of thiazole rings is 1. The molecule has 0 aliphatic heterocycles. The maximum Gasteiger partial charge on any atom is 0.227 e. The van der Waals surface area contributed by atoms with Crippen LogP contribution >= 0.6 is 22.9 Å². The molecule has 6 nitrogen and oxygen atoms in total. The topological polar surface area (TPSA) is 87.4 Å². The predicted molar refractivity (Wildman–Crippen MR) is 89.4 cm³/mol. The molecule has 3 aromatic rings. The van der Waals surface area contributed by atoms with Gasteiger partial charge in [0, 0.05) is 18.0 Å². The minimum Gasteiger partial charge on any atom is -0.357 e. The Balaban J connectivity index is 1.98. The molecule has 3 rings (SSSR count). The van der Waals surface area contributed by atoms with Crippen LogP contribution < -0.4 is 5.32 Å². The molecule has 1 unspecified atom stereocenters. The van der Waals surface area contributed by atoms with Gasteiger partial charge in [0.2, 0.25) is 11.2 Å². The average molecular weight is 343 g/mol. The summed E-state index contributed by atoms with van der Waals surface area (Å²) in [7, 11) is 1.67. The maximum absolute atomic E-state index is 9.52. The van der Waals surface area contributed by atoms with E-state index in [1.807, 2.05) is 35.7 Å². The first kappa shape index (κ1) is 15.3. The highest BCUT2D eigenvalue weighted by Gasteiger charge is 2.22. The molecule has 2 heterocycles. The van der Waals surface area contributed by atoms with Gasteiger partial charge in [0.05, 0.1) is 11.8 Å². The molecule has 0 saturated heterocycles. The highest BCUT2D eigenvalue weighted by Crippen LogP contribution is 2.29. The Kier molecular flexibility index (Phi) is 4.46. The highest BCUT2D eigenvalue weighted by atomic mass is 35.5. The van der Waals surface area contributed by atoms with Gasteiger partial charge in [0.15, 0.2) is 11.7 Å². The second-order valence-corrected chi connectivity index (χ2v) is 5.76. The lowest BCUT2D eigenvalue weighted by molar-refractivity contribution is 0.857. The van der Waals surface area contributed by atoms with E-state index in [4.69, 9.17) is 11.6 Å². The Morgan fingerprint density at radius 2 is 1.96 bits per heavy atom. The summed E-state index contributed by atoms with van der Waals surface area (Å²) in [5.74, 6) is -0.0871. The first-order valence-electron chi connectivity index (χ1n) is 6.71. The monoisotopic (exact) mass is 342 g/mol. The average Bonchev–Trinajstić information content (AvgIpc) is 3.05. The summed E-state index contributed by atoms with van der Waals surface area (Å²) < 4.78 is 0. The molecule has 0 fully saturated rings. The SMILES string of the molecule is CNc1nc(Cl)nc(C(C#N)c2nc(-c3ccccc3)cs2)n1. The van der Waals surface area contributed by atoms with Gasteiger partial charge in [-0.1, -0.05) is 30.3 Å². The van der Waals surface area contributed by atoms with Crippen molar-refractivity contribution in [2.75, 3.05) is 12.4 Å². The van der Waals surface area contributed by atoms with Crippen LogP contribution in [0.25, 0.3) is 11.3 Å². The fourth-order valence-electron chi connectivity index (χ4n) is 1.99. The zero-order valence-corrected chi connectivity index (χ0v) is 13.6. The van der Waals surface area contributed by atoms with Gasteiger partial charge >= 0.3 is 0 Å². The Bertz CT molecular complexity index is 858. The second-order valence-electron chi connectivity index (χ2n) is 4.54. The summed E-state index contributed by atoms with van der Waals surface area (Å²) in [6.07, 6.45) is 0. The molecule has 23 heavy (non-hydrogen) atoms. The number of hydrogen-bond acceptors (Lipinski definition) is 7. The van der Waals surface area contributed by atoms with Gasteiger partial charge in [-0.05, 0) is 11.6 Å². The molecule has 0 saturated carbocycles. The van der Waals surface area contributed by atoms with Crippen LogP contribution in [0.15, 0.2) is 35.7 Å². The fraction of sp³-hybridized carbons (Fsp3) is 0.133. The van der Waals surface area contributed by atoms with E-state index >= 15 is 0 Å². The van der Waals surface area contributed by atoms with Crippen LogP contribution in [0.5, 0.6) is 0 Å².